The van der Waals surface area contributed by atoms with Crippen molar-refractivity contribution in [3.05, 3.63) is 176 Å². The van der Waals surface area contributed by atoms with Crippen LogP contribution in [-0.4, -0.2) is 23.9 Å². The van der Waals surface area contributed by atoms with E-state index in [1.165, 1.54) is 5.39 Å². The largest absolute Gasteiger partial charge is 0.291 e. The number of imidazole rings is 1. The maximum atomic E-state index is 5.44. The molecule has 0 atom stereocenters. The minimum atomic E-state index is 0.638. The van der Waals surface area contributed by atoms with Crippen LogP contribution in [0, 0.1) is 0 Å². The smallest absolute Gasteiger partial charge is 0.235 e. The van der Waals surface area contributed by atoms with Crippen LogP contribution in [0.5, 0.6) is 0 Å². The summed E-state index contributed by atoms with van der Waals surface area (Å²) in [7, 11) is 0. The lowest BCUT2D eigenvalue weighted by atomic mass is 10.0. The topological polar surface area (TPSA) is 48.0 Å². The molecule has 5 nitrogen and oxygen atoms in total. The molecule has 242 valence electrons. The third kappa shape index (κ3) is 4.20. The fraction of sp³-hybridized carbons (Fsp3) is 0. The predicted molar refractivity (Wildman–Crippen MR) is 214 cm³/mol. The first-order chi connectivity index (χ1) is 25.8. The molecule has 0 saturated carbocycles. The fourth-order valence-electron chi connectivity index (χ4n) is 8.01. The molecule has 7 aromatic carbocycles. The number of rotatable bonds is 4. The van der Waals surface area contributed by atoms with E-state index >= 15 is 0 Å². The third-order valence-electron chi connectivity index (χ3n) is 10.3. The molecular weight excluding hydrogens is 635 g/mol. The molecule has 0 spiro atoms. The van der Waals surface area contributed by atoms with Gasteiger partial charge in [-0.1, -0.05) is 152 Å². The molecule has 0 aliphatic carbocycles. The SMILES string of the molecule is c1ccc(-c2nc(-n3c4ccccc4c4cc5c6ccccc6c6c(-c7ccccc7)nc(-c7ccccc7)n6c5cc43)nc3ccccc23)cc1. The lowest BCUT2D eigenvalue weighted by molar-refractivity contribution is 1.01. The molecule has 0 aliphatic heterocycles. The number of hydrogen-bond acceptors (Lipinski definition) is 3. The van der Waals surface area contributed by atoms with Crippen LogP contribution in [-0.2, 0) is 0 Å². The molecule has 0 amide bonds. The Morgan fingerprint density at radius 2 is 0.904 bits per heavy atom. The number of nitrogens with zero attached hydrogens (tertiary/aromatic N) is 5. The van der Waals surface area contributed by atoms with Crippen molar-refractivity contribution < 1.29 is 0 Å². The highest BCUT2D eigenvalue weighted by molar-refractivity contribution is 6.21. The van der Waals surface area contributed by atoms with Gasteiger partial charge in [-0.25, -0.2) is 15.0 Å². The van der Waals surface area contributed by atoms with Crippen LogP contribution >= 0.6 is 0 Å². The van der Waals surface area contributed by atoms with Crippen molar-refractivity contribution in [1.29, 1.82) is 0 Å². The van der Waals surface area contributed by atoms with Crippen LogP contribution in [0.25, 0.3) is 99.8 Å². The number of para-hydroxylation sites is 2. The Hall–Kier alpha value is -7.11. The molecule has 0 radical (unpaired) electrons. The number of benzene rings is 7. The third-order valence-corrected chi connectivity index (χ3v) is 10.3. The zero-order valence-corrected chi connectivity index (χ0v) is 28.0. The van der Waals surface area contributed by atoms with E-state index in [0.717, 1.165) is 88.4 Å². The quantitative estimate of drug-likeness (QED) is 0.176. The van der Waals surface area contributed by atoms with Crippen LogP contribution in [0.2, 0.25) is 0 Å². The van der Waals surface area contributed by atoms with Gasteiger partial charge in [-0.05, 0) is 29.7 Å². The average molecular weight is 664 g/mol. The van der Waals surface area contributed by atoms with Gasteiger partial charge in [-0.3, -0.25) is 8.97 Å². The van der Waals surface area contributed by atoms with Gasteiger partial charge in [-0.15, -0.1) is 0 Å². The Morgan fingerprint density at radius 3 is 1.63 bits per heavy atom. The first kappa shape index (κ1) is 28.7. The predicted octanol–water partition coefficient (Wildman–Crippen LogP) is 11.7. The highest BCUT2D eigenvalue weighted by atomic mass is 15.2. The van der Waals surface area contributed by atoms with Gasteiger partial charge in [0.15, 0.2) is 0 Å². The molecule has 5 heteroatoms. The number of fused-ring (bicyclic) bond motifs is 10. The summed E-state index contributed by atoms with van der Waals surface area (Å²) in [4.78, 5) is 16.0. The first-order valence-electron chi connectivity index (χ1n) is 17.6. The summed E-state index contributed by atoms with van der Waals surface area (Å²) in [5, 5.41) is 6.84. The molecule has 11 rings (SSSR count). The zero-order chi connectivity index (χ0) is 34.2. The van der Waals surface area contributed by atoms with Crippen molar-refractivity contribution in [2.24, 2.45) is 0 Å². The second-order valence-corrected chi connectivity index (χ2v) is 13.2. The molecule has 0 N–H and O–H groups in total. The van der Waals surface area contributed by atoms with Gasteiger partial charge >= 0.3 is 0 Å². The molecule has 52 heavy (non-hydrogen) atoms. The summed E-state index contributed by atoms with van der Waals surface area (Å²) in [5.41, 5.74) is 10.2. The second-order valence-electron chi connectivity index (χ2n) is 13.2. The molecule has 0 unspecified atom stereocenters. The molecule has 4 heterocycles. The summed E-state index contributed by atoms with van der Waals surface area (Å²) >= 11 is 0. The molecule has 0 aliphatic rings. The van der Waals surface area contributed by atoms with E-state index in [2.05, 4.69) is 173 Å². The van der Waals surface area contributed by atoms with Gasteiger partial charge in [0.2, 0.25) is 5.95 Å². The lowest BCUT2D eigenvalue weighted by Crippen LogP contribution is -2.03. The maximum Gasteiger partial charge on any atom is 0.235 e. The monoisotopic (exact) mass is 663 g/mol. The fourth-order valence-corrected chi connectivity index (χ4v) is 8.01. The number of pyridine rings is 1. The Morgan fingerprint density at radius 1 is 0.346 bits per heavy atom. The van der Waals surface area contributed by atoms with E-state index in [1.807, 2.05) is 12.1 Å². The van der Waals surface area contributed by atoms with Crippen LogP contribution in [0.15, 0.2) is 176 Å². The molecule has 4 aromatic heterocycles. The highest BCUT2D eigenvalue weighted by Crippen LogP contribution is 2.42. The highest BCUT2D eigenvalue weighted by Gasteiger charge is 2.23. The Bertz CT molecular complexity index is 3160. The van der Waals surface area contributed by atoms with E-state index in [4.69, 9.17) is 15.0 Å². The summed E-state index contributed by atoms with van der Waals surface area (Å²) in [6, 6.07) is 61.8. The van der Waals surface area contributed by atoms with Crippen LogP contribution in [0.4, 0.5) is 0 Å². The van der Waals surface area contributed by atoms with Crippen LogP contribution < -0.4 is 0 Å². The Balaban J connectivity index is 1.33. The van der Waals surface area contributed by atoms with E-state index in [9.17, 15) is 0 Å². The number of aromatic nitrogens is 5. The first-order valence-corrected chi connectivity index (χ1v) is 17.6. The second kappa shape index (κ2) is 11.2. The summed E-state index contributed by atoms with van der Waals surface area (Å²) in [6.45, 7) is 0. The minimum Gasteiger partial charge on any atom is -0.291 e. The Labute approximate surface area is 298 Å². The van der Waals surface area contributed by atoms with Gasteiger partial charge in [0.1, 0.15) is 5.82 Å². The molecule has 11 aromatic rings. The van der Waals surface area contributed by atoms with Crippen LogP contribution in [0.3, 0.4) is 0 Å². The van der Waals surface area contributed by atoms with Crippen molar-refractivity contribution in [2.75, 3.05) is 0 Å². The van der Waals surface area contributed by atoms with Gasteiger partial charge in [0, 0.05) is 43.6 Å². The van der Waals surface area contributed by atoms with Crippen molar-refractivity contribution in [2.45, 2.75) is 0 Å². The molecule has 0 bridgehead atoms. The van der Waals surface area contributed by atoms with E-state index < -0.39 is 0 Å². The average Bonchev–Trinajstić information content (AvgIpc) is 3.78. The Kier molecular flexibility index (Phi) is 6.18. The van der Waals surface area contributed by atoms with Crippen LogP contribution in [0.1, 0.15) is 0 Å². The molecule has 0 fully saturated rings. The zero-order valence-electron chi connectivity index (χ0n) is 28.0. The summed E-state index contributed by atoms with van der Waals surface area (Å²) in [5.74, 6) is 1.54. The van der Waals surface area contributed by atoms with Crippen molar-refractivity contribution in [3.63, 3.8) is 0 Å². The number of hydrogen-bond donors (Lipinski definition) is 0. The van der Waals surface area contributed by atoms with Crippen molar-refractivity contribution in [3.8, 4) is 39.9 Å². The lowest BCUT2D eigenvalue weighted by Gasteiger charge is -2.14. The van der Waals surface area contributed by atoms with Gasteiger partial charge in [0.25, 0.3) is 0 Å². The van der Waals surface area contributed by atoms with Gasteiger partial charge in [-0.2, -0.15) is 0 Å². The standard InChI is InChI=1S/C47H29N5/c1-4-16-30(17-5-1)43-36-25-12-14-26-39(36)48-47(50-43)51-40-27-15-13-23-34(40)38-28-37-33-22-10-11-24-35(33)45-44(31-18-6-2-7-19-31)49-46(32-20-8-3-9-21-32)52(45)42(37)29-41(38)51/h1-29H. The maximum absolute atomic E-state index is 5.44. The van der Waals surface area contributed by atoms with Crippen molar-refractivity contribution >= 4 is 59.9 Å². The van der Waals surface area contributed by atoms with E-state index in [1.54, 1.807) is 0 Å². The van der Waals surface area contributed by atoms with Gasteiger partial charge < -0.3 is 0 Å². The molecular formula is C47H29N5. The van der Waals surface area contributed by atoms with Crippen molar-refractivity contribution in [1.82, 2.24) is 23.9 Å². The van der Waals surface area contributed by atoms with E-state index in [-0.39, 0.29) is 0 Å². The summed E-state index contributed by atoms with van der Waals surface area (Å²) in [6.07, 6.45) is 0. The minimum absolute atomic E-state index is 0.638. The normalized spacial score (nSPS) is 11.8. The van der Waals surface area contributed by atoms with Gasteiger partial charge in [0.05, 0.1) is 39.0 Å². The summed E-state index contributed by atoms with van der Waals surface area (Å²) < 4.78 is 4.61. The molecule has 0 saturated heterocycles. The van der Waals surface area contributed by atoms with E-state index in [0.29, 0.717) is 5.95 Å².